The Labute approximate surface area is 403 Å². The first-order chi connectivity index (χ1) is 33.3. The molecule has 3 aromatic rings. The van der Waals surface area contributed by atoms with E-state index in [1.807, 2.05) is 34.9 Å². The molecular formula is C54H66N2O13. The van der Waals surface area contributed by atoms with Crippen LogP contribution >= 0.6 is 0 Å². The van der Waals surface area contributed by atoms with Crippen molar-refractivity contribution < 1.29 is 64.2 Å². The maximum atomic E-state index is 12.7. The second-order valence-corrected chi connectivity index (χ2v) is 20.1. The molecule has 0 amide bonds. The predicted octanol–water partition coefficient (Wildman–Crippen LogP) is 4.99. The van der Waals surface area contributed by atoms with Gasteiger partial charge in [0.25, 0.3) is 0 Å². The van der Waals surface area contributed by atoms with E-state index < -0.39 is 71.4 Å². The second-order valence-electron chi connectivity index (χ2n) is 20.1. The van der Waals surface area contributed by atoms with Crippen LogP contribution in [-0.4, -0.2) is 121 Å². The number of carbonyl (C=O) groups is 1. The highest BCUT2D eigenvalue weighted by Gasteiger charge is 2.65. The molecule has 14 unspecified atom stereocenters. The molecule has 14 atom stereocenters. The Hall–Kier alpha value is -5.20. The molecule has 6 aliphatic rings. The van der Waals surface area contributed by atoms with Crippen LogP contribution in [0.3, 0.4) is 0 Å². The smallest absolute Gasteiger partial charge is 0.335 e. The summed E-state index contributed by atoms with van der Waals surface area (Å²) in [5.41, 5.74) is -0.283. The zero-order valence-corrected chi connectivity index (χ0v) is 39.1. The lowest BCUT2D eigenvalue weighted by atomic mass is 9.55. The summed E-state index contributed by atoms with van der Waals surface area (Å²) in [6.07, 6.45) is 8.44. The third-order valence-electron chi connectivity index (χ3n) is 15.8. The van der Waals surface area contributed by atoms with E-state index in [9.17, 15) is 45.8 Å². The molecule has 9 rings (SSSR count). The van der Waals surface area contributed by atoms with Gasteiger partial charge in [-0.1, -0.05) is 30.2 Å². The highest BCUT2D eigenvalue weighted by atomic mass is 16.7. The largest absolute Gasteiger partial charge is 0.486 e. The SMILES string of the molecule is C=CCc1ccc(OC2OC3C(CCCO)OC#CCC(O)C4CC2(OC=CC42CCC4CC(Cc5ccc(C(=O)O)cc5)CC4(O)C2)C(O)C3O)cc1CC(COC)C(CO)n1ccc(C#N)c1. The molecule has 5 heterocycles. The van der Waals surface area contributed by atoms with Crippen LogP contribution in [-0.2, 0) is 38.2 Å². The quantitative estimate of drug-likeness (QED) is 0.0698. The maximum Gasteiger partial charge on any atom is 0.335 e. The highest BCUT2D eigenvalue weighted by Crippen LogP contribution is 2.61. The number of ether oxygens (including phenoxy) is 5. The van der Waals surface area contributed by atoms with Gasteiger partial charge in [-0.2, -0.15) is 5.26 Å². The molecular weight excluding hydrogens is 885 g/mol. The lowest BCUT2D eigenvalue weighted by Gasteiger charge is -2.54. The number of hydrogen-bond donors (Lipinski definition) is 7. The van der Waals surface area contributed by atoms with Crippen molar-refractivity contribution in [3.05, 3.63) is 114 Å². The summed E-state index contributed by atoms with van der Waals surface area (Å²) >= 11 is 0. The molecule has 370 valence electrons. The molecule has 2 saturated carbocycles. The van der Waals surface area contributed by atoms with Crippen LogP contribution in [0, 0.1) is 52.4 Å². The summed E-state index contributed by atoms with van der Waals surface area (Å²) < 4.78 is 33.9. The number of methoxy groups -OCH3 is 1. The summed E-state index contributed by atoms with van der Waals surface area (Å²) in [6, 6.07) is 15.9. The first kappa shape index (κ1) is 50.2. The third-order valence-corrected chi connectivity index (χ3v) is 15.8. The summed E-state index contributed by atoms with van der Waals surface area (Å²) in [5.74, 6) is 1.52. The van der Waals surface area contributed by atoms with Gasteiger partial charge in [0.1, 0.15) is 42.3 Å². The summed E-state index contributed by atoms with van der Waals surface area (Å²) in [5, 5.41) is 89.2. The van der Waals surface area contributed by atoms with Crippen LogP contribution < -0.4 is 4.74 Å². The maximum absolute atomic E-state index is 12.7. The van der Waals surface area contributed by atoms with Gasteiger partial charge in [-0.05, 0) is 140 Å². The molecule has 2 aliphatic carbocycles. The molecule has 15 nitrogen and oxygen atoms in total. The Morgan fingerprint density at radius 3 is 2.64 bits per heavy atom. The minimum atomic E-state index is -1.82. The Kier molecular flexibility index (Phi) is 15.6. The number of carboxylic acids is 1. The van der Waals surface area contributed by atoms with E-state index in [2.05, 4.69) is 24.7 Å². The summed E-state index contributed by atoms with van der Waals surface area (Å²) in [7, 11) is 1.60. The van der Waals surface area contributed by atoms with Crippen molar-refractivity contribution in [2.24, 2.45) is 29.1 Å². The van der Waals surface area contributed by atoms with Gasteiger partial charge < -0.3 is 64.0 Å². The number of hydrogen-bond acceptors (Lipinski definition) is 13. The lowest BCUT2D eigenvalue weighted by Crippen LogP contribution is -2.70. The van der Waals surface area contributed by atoms with E-state index in [0.717, 1.165) is 23.1 Å². The number of nitriles is 1. The third kappa shape index (κ3) is 10.3. The van der Waals surface area contributed by atoms with Crippen molar-refractivity contribution in [3.63, 3.8) is 0 Å². The van der Waals surface area contributed by atoms with Crippen molar-refractivity contribution in [3.8, 4) is 23.8 Å². The standard InChI is InChI=1S/C54H66N2O13/c1-3-6-37-13-14-42(26-39(37)25-40(32-65-2)44(31-58)56-19-16-35(29-55)30-56)68-51-54-28-43(45(59)7-5-21-66-46(8-4-20-57)48(69-51)47(60)49(54)61)52(18-22-67-54)17-15-41-24-36(27-53(41,64)33-52)23-34-9-11-38(12-10-34)50(62)63/h3,9-14,16,18-19,22,26,30,36,40-41,43-49,51,57-61,64H,1,4,6-8,15,17,20,23-25,27-28,31-33H2,2H3,(H,62,63). The second kappa shape index (κ2) is 21.4. The van der Waals surface area contributed by atoms with Crippen LogP contribution in [0.5, 0.6) is 5.75 Å². The number of fused-ring (bicyclic) bond motifs is 7. The Morgan fingerprint density at radius 1 is 1.12 bits per heavy atom. The Morgan fingerprint density at radius 2 is 1.93 bits per heavy atom. The Balaban J connectivity index is 1.14. The minimum Gasteiger partial charge on any atom is -0.486 e. The number of allylic oxidation sites excluding steroid dienone is 2. The monoisotopic (exact) mass is 950 g/mol. The van der Waals surface area contributed by atoms with E-state index in [1.165, 1.54) is 6.26 Å². The zero-order chi connectivity index (χ0) is 48.9. The minimum absolute atomic E-state index is 0.00199. The number of carboxylic acid groups (broad SMARTS) is 1. The average Bonchev–Trinajstić information content (AvgIpc) is 3.90. The number of nitrogens with zero attached hydrogens (tertiary/aromatic N) is 2. The van der Waals surface area contributed by atoms with Crippen LogP contribution in [0.2, 0.25) is 0 Å². The fraction of sp³-hybridized carbons (Fsp3) is 0.556. The van der Waals surface area contributed by atoms with Crippen LogP contribution in [0.1, 0.15) is 96.4 Å². The van der Waals surface area contributed by atoms with Gasteiger partial charge in [0, 0.05) is 44.9 Å². The number of aromatic carboxylic acids is 1. The molecule has 69 heavy (non-hydrogen) atoms. The van der Waals surface area contributed by atoms with Crippen molar-refractivity contribution in [2.45, 2.75) is 131 Å². The number of benzene rings is 2. The molecule has 3 bridgehead atoms. The molecule has 7 N–H and O–H groups in total. The van der Waals surface area contributed by atoms with Crippen molar-refractivity contribution in [2.75, 3.05) is 26.9 Å². The molecule has 4 aliphatic heterocycles. The molecule has 0 radical (unpaired) electrons. The van der Waals surface area contributed by atoms with E-state index in [0.29, 0.717) is 56.3 Å². The molecule has 2 aromatic carbocycles. The van der Waals surface area contributed by atoms with Gasteiger partial charge in [0.15, 0.2) is 5.60 Å². The van der Waals surface area contributed by atoms with Crippen molar-refractivity contribution in [1.82, 2.24) is 4.57 Å². The highest BCUT2D eigenvalue weighted by molar-refractivity contribution is 5.87. The molecule has 2 spiro atoms. The van der Waals surface area contributed by atoms with E-state index >= 15 is 0 Å². The molecule has 1 aromatic heterocycles. The van der Waals surface area contributed by atoms with E-state index in [4.69, 9.17) is 23.7 Å². The number of aliphatic hydroxyl groups excluding tert-OH is 5. The first-order valence-corrected chi connectivity index (χ1v) is 24.2. The van der Waals surface area contributed by atoms with E-state index in [1.54, 1.807) is 49.8 Å². The molecule has 15 heteroatoms. The van der Waals surface area contributed by atoms with Gasteiger partial charge >= 0.3 is 5.97 Å². The fourth-order valence-electron chi connectivity index (χ4n) is 12.4. The van der Waals surface area contributed by atoms with Gasteiger partial charge in [0.2, 0.25) is 6.29 Å². The average molecular weight is 951 g/mol. The van der Waals surface area contributed by atoms with Gasteiger partial charge in [-0.3, -0.25) is 0 Å². The topological polar surface area (TPSA) is 234 Å². The number of aromatic nitrogens is 1. The summed E-state index contributed by atoms with van der Waals surface area (Å²) in [4.78, 5) is 11.5. The zero-order valence-electron chi connectivity index (χ0n) is 39.1. The van der Waals surface area contributed by atoms with Gasteiger partial charge in [0.05, 0.1) is 48.3 Å². The van der Waals surface area contributed by atoms with Crippen molar-refractivity contribution in [1.29, 1.82) is 5.26 Å². The van der Waals surface area contributed by atoms with Crippen LogP contribution in [0.15, 0.2) is 85.9 Å². The Bertz CT molecular complexity index is 2400. The molecule has 1 saturated heterocycles. The van der Waals surface area contributed by atoms with Gasteiger partial charge in [-0.25, -0.2) is 4.79 Å². The van der Waals surface area contributed by atoms with E-state index in [-0.39, 0.29) is 68.8 Å². The normalized spacial score (nSPS) is 33.4. The predicted molar refractivity (Wildman–Crippen MR) is 251 cm³/mol. The fourth-order valence-corrected chi connectivity index (χ4v) is 12.4. The van der Waals surface area contributed by atoms with Crippen LogP contribution in [0.4, 0.5) is 0 Å². The van der Waals surface area contributed by atoms with Gasteiger partial charge in [-0.15, -0.1) is 6.58 Å². The lowest BCUT2D eigenvalue weighted by molar-refractivity contribution is -0.334. The number of aliphatic hydroxyl groups is 6. The molecule has 3 fully saturated rings. The van der Waals surface area contributed by atoms with Crippen LogP contribution in [0.25, 0.3) is 0 Å². The number of rotatable bonds is 17. The first-order valence-electron chi connectivity index (χ1n) is 24.2. The van der Waals surface area contributed by atoms with Crippen molar-refractivity contribution >= 4 is 5.97 Å². The summed E-state index contributed by atoms with van der Waals surface area (Å²) in [6.45, 7) is 3.88.